The van der Waals surface area contributed by atoms with Crippen molar-refractivity contribution in [1.29, 1.82) is 0 Å². The largest absolute Gasteiger partial charge is 0.0622 e. The SMILES string of the molecule is c1ccc([P]c2ccc(-c3ccccc3)cc2)cc1. The van der Waals surface area contributed by atoms with Gasteiger partial charge in [-0.15, -0.1) is 0 Å². The van der Waals surface area contributed by atoms with E-state index in [0.717, 1.165) is 0 Å². The first-order valence-corrected chi connectivity index (χ1v) is 7.23. The Hall–Kier alpha value is -1.91. The normalized spacial score (nSPS) is 10.9. The molecular formula is C18H14P. The molecule has 0 N–H and O–H groups in total. The summed E-state index contributed by atoms with van der Waals surface area (Å²) in [6.07, 6.45) is 0. The quantitative estimate of drug-likeness (QED) is 0.618. The molecule has 3 aromatic carbocycles. The molecule has 19 heavy (non-hydrogen) atoms. The van der Waals surface area contributed by atoms with E-state index in [4.69, 9.17) is 0 Å². The Labute approximate surface area is 115 Å². The topological polar surface area (TPSA) is 0 Å². The van der Waals surface area contributed by atoms with Crippen LogP contribution < -0.4 is 10.6 Å². The zero-order chi connectivity index (χ0) is 12.9. The van der Waals surface area contributed by atoms with Crippen molar-refractivity contribution in [2.24, 2.45) is 0 Å². The van der Waals surface area contributed by atoms with Crippen LogP contribution >= 0.6 is 8.58 Å². The standard InChI is InChI=1S/C18H14P/c1-3-7-15(8-4-1)16-11-13-18(14-12-16)19-17-9-5-2-6-10-17/h1-14H. The molecule has 0 amide bonds. The molecule has 0 fully saturated rings. The summed E-state index contributed by atoms with van der Waals surface area (Å²) in [5.74, 6) is 0. The van der Waals surface area contributed by atoms with Crippen LogP contribution in [0.1, 0.15) is 0 Å². The van der Waals surface area contributed by atoms with Crippen molar-refractivity contribution in [3.63, 3.8) is 0 Å². The molecule has 1 heteroatoms. The summed E-state index contributed by atoms with van der Waals surface area (Å²) in [7, 11) is 1.26. The maximum Gasteiger partial charge on any atom is -0.0100 e. The van der Waals surface area contributed by atoms with Crippen LogP contribution in [0.5, 0.6) is 0 Å². The number of rotatable bonds is 3. The molecule has 3 rings (SSSR count). The molecule has 0 heterocycles. The molecule has 0 nitrogen and oxygen atoms in total. The molecule has 0 unspecified atom stereocenters. The number of hydrogen-bond donors (Lipinski definition) is 0. The van der Waals surface area contributed by atoms with E-state index in [1.54, 1.807) is 0 Å². The third-order valence-electron chi connectivity index (χ3n) is 2.99. The molecule has 3 aromatic rings. The summed E-state index contributed by atoms with van der Waals surface area (Å²) in [5, 5.41) is 2.65. The first-order chi connectivity index (χ1) is 9.42. The zero-order valence-electron chi connectivity index (χ0n) is 10.5. The second-order valence-electron chi connectivity index (χ2n) is 4.36. The van der Waals surface area contributed by atoms with Crippen LogP contribution in [-0.4, -0.2) is 0 Å². The van der Waals surface area contributed by atoms with Crippen molar-refractivity contribution in [3.8, 4) is 11.1 Å². The Morgan fingerprint density at radius 2 is 0.895 bits per heavy atom. The highest BCUT2D eigenvalue weighted by molar-refractivity contribution is 7.55. The minimum absolute atomic E-state index is 1.26. The number of hydrogen-bond acceptors (Lipinski definition) is 0. The molecule has 0 saturated carbocycles. The van der Waals surface area contributed by atoms with Gasteiger partial charge in [-0.3, -0.25) is 0 Å². The van der Waals surface area contributed by atoms with Crippen LogP contribution in [0.3, 0.4) is 0 Å². The minimum Gasteiger partial charge on any atom is -0.0622 e. The molecule has 91 valence electrons. The first kappa shape index (κ1) is 12.1. The highest BCUT2D eigenvalue weighted by atomic mass is 31.1. The fourth-order valence-corrected chi connectivity index (χ4v) is 2.93. The second-order valence-corrected chi connectivity index (χ2v) is 5.62. The van der Waals surface area contributed by atoms with Crippen molar-refractivity contribution in [1.82, 2.24) is 0 Å². The van der Waals surface area contributed by atoms with Gasteiger partial charge >= 0.3 is 0 Å². The lowest BCUT2D eigenvalue weighted by Crippen LogP contribution is -2.02. The molecule has 0 bridgehead atoms. The van der Waals surface area contributed by atoms with Crippen molar-refractivity contribution in [2.45, 2.75) is 0 Å². The van der Waals surface area contributed by atoms with Crippen LogP contribution in [0.4, 0.5) is 0 Å². The predicted octanol–water partition coefficient (Wildman–Crippen LogP) is 4.25. The van der Waals surface area contributed by atoms with Crippen LogP contribution in [0.2, 0.25) is 0 Å². The molecule has 0 aliphatic carbocycles. The van der Waals surface area contributed by atoms with E-state index >= 15 is 0 Å². The average molecular weight is 261 g/mol. The lowest BCUT2D eigenvalue weighted by atomic mass is 10.1. The molecule has 0 aliphatic heterocycles. The summed E-state index contributed by atoms with van der Waals surface area (Å²) < 4.78 is 0. The summed E-state index contributed by atoms with van der Waals surface area (Å²) in [4.78, 5) is 0. The van der Waals surface area contributed by atoms with E-state index in [2.05, 4.69) is 78.9 Å². The third kappa shape index (κ3) is 3.10. The Morgan fingerprint density at radius 3 is 1.53 bits per heavy atom. The van der Waals surface area contributed by atoms with Crippen molar-refractivity contribution >= 4 is 19.2 Å². The monoisotopic (exact) mass is 261 g/mol. The molecule has 0 atom stereocenters. The number of benzene rings is 3. The fourth-order valence-electron chi connectivity index (χ4n) is 2.01. The van der Waals surface area contributed by atoms with E-state index in [0.29, 0.717) is 0 Å². The van der Waals surface area contributed by atoms with E-state index in [-0.39, 0.29) is 0 Å². The van der Waals surface area contributed by atoms with Gasteiger partial charge in [0, 0.05) is 0 Å². The Balaban J connectivity index is 1.80. The first-order valence-electron chi connectivity index (χ1n) is 6.34. The lowest BCUT2D eigenvalue weighted by molar-refractivity contribution is 1.64. The molecule has 0 aromatic heterocycles. The highest BCUT2D eigenvalue weighted by Gasteiger charge is 1.99. The maximum absolute atomic E-state index is 2.21. The zero-order valence-corrected chi connectivity index (χ0v) is 11.4. The van der Waals surface area contributed by atoms with Gasteiger partial charge in [0.2, 0.25) is 0 Å². The molecular weight excluding hydrogens is 247 g/mol. The minimum atomic E-state index is 1.26. The van der Waals surface area contributed by atoms with Crippen LogP contribution in [-0.2, 0) is 0 Å². The molecule has 0 spiro atoms. The van der Waals surface area contributed by atoms with Gasteiger partial charge < -0.3 is 0 Å². The van der Waals surface area contributed by atoms with Crippen molar-refractivity contribution in [3.05, 3.63) is 84.9 Å². The summed E-state index contributed by atoms with van der Waals surface area (Å²) in [5.41, 5.74) is 2.54. The second kappa shape index (κ2) is 5.82. The summed E-state index contributed by atoms with van der Waals surface area (Å²) >= 11 is 0. The molecule has 1 radical (unpaired) electrons. The third-order valence-corrected chi connectivity index (χ3v) is 4.10. The van der Waals surface area contributed by atoms with Crippen molar-refractivity contribution < 1.29 is 0 Å². The predicted molar refractivity (Wildman–Crippen MR) is 84.5 cm³/mol. The van der Waals surface area contributed by atoms with E-state index in [1.165, 1.54) is 30.3 Å². The Bertz CT molecular complexity index is 628. The van der Waals surface area contributed by atoms with Gasteiger partial charge in [-0.25, -0.2) is 0 Å². The van der Waals surface area contributed by atoms with Crippen molar-refractivity contribution in [2.75, 3.05) is 0 Å². The fraction of sp³-hybridized carbons (Fsp3) is 0. The van der Waals surface area contributed by atoms with Crippen LogP contribution in [0.25, 0.3) is 11.1 Å². The molecule has 0 aliphatic rings. The Kier molecular flexibility index (Phi) is 3.72. The van der Waals surface area contributed by atoms with Crippen LogP contribution in [0, 0.1) is 0 Å². The van der Waals surface area contributed by atoms with E-state index in [1.807, 2.05) is 6.07 Å². The van der Waals surface area contributed by atoms with Gasteiger partial charge in [-0.2, -0.15) is 0 Å². The van der Waals surface area contributed by atoms with Crippen LogP contribution in [0.15, 0.2) is 84.9 Å². The van der Waals surface area contributed by atoms with Gasteiger partial charge in [0.15, 0.2) is 0 Å². The maximum atomic E-state index is 2.21. The summed E-state index contributed by atoms with van der Waals surface area (Å²) in [6.45, 7) is 0. The smallest absolute Gasteiger partial charge is 0.0100 e. The average Bonchev–Trinajstić information content (AvgIpc) is 2.50. The van der Waals surface area contributed by atoms with Gasteiger partial charge in [0.05, 0.1) is 0 Å². The van der Waals surface area contributed by atoms with Gasteiger partial charge in [-0.05, 0) is 30.3 Å². The molecule has 0 saturated heterocycles. The Morgan fingerprint density at radius 1 is 0.421 bits per heavy atom. The van der Waals surface area contributed by atoms with E-state index in [9.17, 15) is 0 Å². The van der Waals surface area contributed by atoms with Gasteiger partial charge in [0.1, 0.15) is 0 Å². The lowest BCUT2D eigenvalue weighted by Gasteiger charge is -2.04. The van der Waals surface area contributed by atoms with E-state index < -0.39 is 0 Å². The van der Waals surface area contributed by atoms with Gasteiger partial charge in [-0.1, -0.05) is 84.9 Å². The van der Waals surface area contributed by atoms with Gasteiger partial charge in [0.25, 0.3) is 0 Å². The highest BCUT2D eigenvalue weighted by Crippen LogP contribution is 2.19. The summed E-state index contributed by atoms with van der Waals surface area (Å²) in [6, 6.07) is 29.8.